The molecule has 6 heteroatoms. The summed E-state index contributed by atoms with van der Waals surface area (Å²) in [6.45, 7) is 0.521. The normalized spacial score (nSPS) is 10.3. The fourth-order valence-corrected chi connectivity index (χ4v) is 1.82. The Balaban J connectivity index is 2.23. The van der Waals surface area contributed by atoms with Gasteiger partial charge in [0.25, 0.3) is 0 Å². The monoisotopic (exact) mass is 281 g/mol. The number of hydrogen-bond donors (Lipinski definition) is 0. The minimum absolute atomic E-state index is 0.157. The lowest BCUT2D eigenvalue weighted by Gasteiger charge is -1.96. The molecule has 0 N–H and O–H groups in total. The summed E-state index contributed by atoms with van der Waals surface area (Å²) in [7, 11) is 0. The van der Waals surface area contributed by atoms with Crippen LogP contribution >= 0.6 is 15.9 Å². The van der Waals surface area contributed by atoms with Gasteiger partial charge in [0.2, 0.25) is 0 Å². The fourth-order valence-electron chi connectivity index (χ4n) is 1.36. The van der Waals surface area contributed by atoms with Crippen molar-refractivity contribution in [3.8, 4) is 0 Å². The molecule has 0 bridgehead atoms. The molecule has 1 heterocycles. The molecule has 0 unspecified atom stereocenters. The quantitative estimate of drug-likeness (QED) is 0.642. The Bertz CT molecular complexity index is 510. The van der Waals surface area contributed by atoms with Crippen LogP contribution in [0.1, 0.15) is 5.56 Å². The summed E-state index contributed by atoms with van der Waals surface area (Å²) in [5.41, 5.74) is 1.05. The van der Waals surface area contributed by atoms with Gasteiger partial charge in [-0.05, 0) is 26.4 Å². The van der Waals surface area contributed by atoms with E-state index in [-0.39, 0.29) is 5.82 Å². The molecule has 0 amide bonds. The molecular weight excluding hydrogens is 274 g/mol. The predicted molar refractivity (Wildman–Crippen MR) is 62.1 cm³/mol. The Morgan fingerprint density at radius 1 is 1.38 bits per heavy atom. The van der Waals surface area contributed by atoms with Crippen LogP contribution in [-0.4, -0.2) is 14.7 Å². The summed E-state index contributed by atoms with van der Waals surface area (Å²) in [5.74, 6) is -0.157. The fraction of sp³-hybridized carbons (Fsp3) is 0.100. The van der Waals surface area contributed by atoms with Crippen LogP contribution in [0.2, 0.25) is 0 Å². The highest BCUT2D eigenvalue weighted by Gasteiger charge is 2.18. The van der Waals surface area contributed by atoms with Gasteiger partial charge in [-0.1, -0.05) is 30.3 Å². The first kappa shape index (κ1) is 10.8. The first-order chi connectivity index (χ1) is 7.66. The topological polar surface area (TPSA) is 61.0 Å². The molecule has 1 aromatic heterocycles. The van der Waals surface area contributed by atoms with Crippen molar-refractivity contribution in [3.63, 3.8) is 0 Å². The summed E-state index contributed by atoms with van der Waals surface area (Å²) in [6, 6.07) is 9.65. The summed E-state index contributed by atoms with van der Waals surface area (Å²) in [6.07, 6.45) is 1.60. The number of benzene rings is 1. The van der Waals surface area contributed by atoms with Gasteiger partial charge in [-0.15, -0.1) is 0 Å². The van der Waals surface area contributed by atoms with Crippen molar-refractivity contribution in [1.29, 1.82) is 0 Å². The van der Waals surface area contributed by atoms with E-state index in [0.717, 1.165) is 5.56 Å². The van der Waals surface area contributed by atoms with Crippen molar-refractivity contribution in [2.24, 2.45) is 0 Å². The number of halogens is 1. The van der Waals surface area contributed by atoms with E-state index < -0.39 is 4.92 Å². The Hall–Kier alpha value is -1.69. The molecule has 82 valence electrons. The molecule has 0 aliphatic carbocycles. The Morgan fingerprint density at radius 3 is 2.62 bits per heavy atom. The van der Waals surface area contributed by atoms with Gasteiger partial charge in [-0.25, -0.2) is 0 Å². The standard InChI is InChI=1S/C10H8BrN3O2/c11-9-7-13(12-10(9)14(15)16)6-8-4-2-1-3-5-8/h1-5,7H,6H2. The van der Waals surface area contributed by atoms with Crippen LogP contribution in [-0.2, 0) is 6.54 Å². The first-order valence-corrected chi connectivity index (χ1v) is 5.37. The molecular formula is C10H8BrN3O2. The highest BCUT2D eigenvalue weighted by atomic mass is 79.9. The average Bonchev–Trinajstić information content (AvgIpc) is 2.61. The number of hydrogen-bond acceptors (Lipinski definition) is 3. The van der Waals surface area contributed by atoms with Gasteiger partial charge in [0.15, 0.2) is 0 Å². The SMILES string of the molecule is O=[N+]([O-])c1nn(Cc2ccccc2)cc1Br. The van der Waals surface area contributed by atoms with Crippen molar-refractivity contribution >= 4 is 21.7 Å². The van der Waals surface area contributed by atoms with E-state index in [4.69, 9.17) is 0 Å². The van der Waals surface area contributed by atoms with Gasteiger partial charge in [0.1, 0.15) is 4.47 Å². The van der Waals surface area contributed by atoms with Gasteiger partial charge in [0.05, 0.1) is 17.8 Å². The van der Waals surface area contributed by atoms with E-state index in [1.54, 1.807) is 6.20 Å². The van der Waals surface area contributed by atoms with Gasteiger partial charge >= 0.3 is 5.82 Å². The third kappa shape index (κ3) is 2.27. The van der Waals surface area contributed by atoms with Crippen molar-refractivity contribution < 1.29 is 4.92 Å². The van der Waals surface area contributed by atoms with Crippen LogP contribution in [0.4, 0.5) is 5.82 Å². The molecule has 0 saturated carbocycles. The molecule has 0 aliphatic rings. The van der Waals surface area contributed by atoms with Crippen molar-refractivity contribution in [2.45, 2.75) is 6.54 Å². The van der Waals surface area contributed by atoms with Crippen molar-refractivity contribution in [3.05, 3.63) is 56.7 Å². The van der Waals surface area contributed by atoms with Crippen LogP contribution in [0.5, 0.6) is 0 Å². The number of rotatable bonds is 3. The third-order valence-electron chi connectivity index (χ3n) is 2.06. The summed E-state index contributed by atoms with van der Waals surface area (Å²) >= 11 is 3.11. The van der Waals surface area contributed by atoms with E-state index in [1.165, 1.54) is 4.68 Å². The molecule has 5 nitrogen and oxygen atoms in total. The molecule has 0 atom stereocenters. The second-order valence-electron chi connectivity index (χ2n) is 3.24. The van der Waals surface area contributed by atoms with Gasteiger partial charge < -0.3 is 10.1 Å². The zero-order valence-corrected chi connectivity index (χ0v) is 9.79. The molecule has 0 saturated heterocycles. The zero-order valence-electron chi connectivity index (χ0n) is 8.21. The van der Waals surface area contributed by atoms with Crippen LogP contribution in [0.15, 0.2) is 41.0 Å². The molecule has 1 aromatic carbocycles. The van der Waals surface area contributed by atoms with E-state index in [2.05, 4.69) is 21.0 Å². The van der Waals surface area contributed by atoms with Gasteiger partial charge in [-0.3, -0.25) is 0 Å². The maximum atomic E-state index is 10.6. The van der Waals surface area contributed by atoms with E-state index in [9.17, 15) is 10.1 Å². The minimum Gasteiger partial charge on any atom is -0.358 e. The molecule has 2 rings (SSSR count). The van der Waals surface area contributed by atoms with Gasteiger partial charge in [-0.2, -0.15) is 4.68 Å². The second-order valence-corrected chi connectivity index (χ2v) is 4.10. The maximum Gasteiger partial charge on any atom is 0.404 e. The minimum atomic E-state index is -0.508. The Morgan fingerprint density at radius 2 is 2.06 bits per heavy atom. The summed E-state index contributed by atoms with van der Waals surface area (Å²) < 4.78 is 1.94. The van der Waals surface area contributed by atoms with Crippen LogP contribution in [0.3, 0.4) is 0 Å². The van der Waals surface area contributed by atoms with E-state index in [0.29, 0.717) is 11.0 Å². The molecule has 0 aliphatic heterocycles. The van der Waals surface area contributed by atoms with E-state index >= 15 is 0 Å². The zero-order chi connectivity index (χ0) is 11.5. The van der Waals surface area contributed by atoms with Crippen LogP contribution in [0, 0.1) is 10.1 Å². The number of aromatic nitrogens is 2. The predicted octanol–water partition coefficient (Wildman–Crippen LogP) is 2.60. The van der Waals surface area contributed by atoms with E-state index in [1.807, 2.05) is 30.3 Å². The largest absolute Gasteiger partial charge is 0.404 e. The Kier molecular flexibility index (Phi) is 3.00. The highest BCUT2D eigenvalue weighted by Crippen LogP contribution is 2.22. The number of nitrogens with zero attached hydrogens (tertiary/aromatic N) is 3. The number of nitro groups is 1. The third-order valence-corrected chi connectivity index (χ3v) is 2.62. The Labute approximate surface area is 100.0 Å². The van der Waals surface area contributed by atoms with Crippen LogP contribution in [0.25, 0.3) is 0 Å². The van der Waals surface area contributed by atoms with Crippen LogP contribution < -0.4 is 0 Å². The first-order valence-electron chi connectivity index (χ1n) is 4.58. The lowest BCUT2D eigenvalue weighted by Crippen LogP contribution is -2.00. The molecule has 0 radical (unpaired) electrons. The average molecular weight is 282 g/mol. The molecule has 0 fully saturated rings. The second kappa shape index (κ2) is 4.44. The van der Waals surface area contributed by atoms with Gasteiger partial charge in [0, 0.05) is 0 Å². The smallest absolute Gasteiger partial charge is 0.358 e. The lowest BCUT2D eigenvalue weighted by molar-refractivity contribution is -0.390. The molecule has 0 spiro atoms. The molecule has 2 aromatic rings. The van der Waals surface area contributed by atoms with Crippen molar-refractivity contribution in [2.75, 3.05) is 0 Å². The summed E-state index contributed by atoms with van der Waals surface area (Å²) in [4.78, 5) is 10.1. The summed E-state index contributed by atoms with van der Waals surface area (Å²) in [5, 5.41) is 14.5. The van der Waals surface area contributed by atoms with Crippen molar-refractivity contribution in [1.82, 2.24) is 9.78 Å². The highest BCUT2D eigenvalue weighted by molar-refractivity contribution is 9.10. The maximum absolute atomic E-state index is 10.6. The lowest BCUT2D eigenvalue weighted by atomic mass is 10.2. The molecule has 16 heavy (non-hydrogen) atoms.